The number of aliphatic hydroxyl groups is 2. The molecular formula is C21H26O10S2. The third-order valence-electron chi connectivity index (χ3n) is 5.12. The molecule has 3 rings (SSSR count). The summed E-state index contributed by atoms with van der Waals surface area (Å²) in [6.45, 7) is 2.94. The molecule has 1 saturated heterocycles. The lowest BCUT2D eigenvalue weighted by molar-refractivity contribution is -0.286. The van der Waals surface area contributed by atoms with Crippen LogP contribution in [0, 0.1) is 13.8 Å². The van der Waals surface area contributed by atoms with Crippen molar-refractivity contribution in [1.82, 2.24) is 0 Å². The quantitative estimate of drug-likeness (QED) is 0.499. The Morgan fingerprint density at radius 2 is 1.30 bits per heavy atom. The van der Waals surface area contributed by atoms with Crippen LogP contribution in [0.1, 0.15) is 11.1 Å². The molecule has 2 aromatic carbocycles. The lowest BCUT2D eigenvalue weighted by Gasteiger charge is -2.41. The summed E-state index contributed by atoms with van der Waals surface area (Å²) in [6, 6.07) is 11.8. The zero-order valence-electron chi connectivity index (χ0n) is 18.2. The molecule has 2 N–H and O–H groups in total. The van der Waals surface area contributed by atoms with Crippen molar-refractivity contribution < 1.29 is 44.9 Å². The SMILES string of the molecule is COC1OC(COS(=O)(=O)c2ccc(C)cc2)C(O)C(O)C1OS(=O)(=O)c1ccc(C)cc1. The molecule has 0 amide bonds. The van der Waals surface area contributed by atoms with Crippen molar-refractivity contribution in [3.63, 3.8) is 0 Å². The molecule has 1 aliphatic heterocycles. The van der Waals surface area contributed by atoms with Gasteiger partial charge >= 0.3 is 0 Å². The van der Waals surface area contributed by atoms with E-state index in [4.69, 9.17) is 17.8 Å². The van der Waals surface area contributed by atoms with Gasteiger partial charge in [-0.25, -0.2) is 0 Å². The maximum atomic E-state index is 12.6. The minimum atomic E-state index is -4.33. The zero-order chi connectivity index (χ0) is 24.4. The van der Waals surface area contributed by atoms with Crippen LogP contribution in [0.3, 0.4) is 0 Å². The highest BCUT2D eigenvalue weighted by Gasteiger charge is 2.48. The van der Waals surface area contributed by atoms with Gasteiger partial charge in [0.15, 0.2) is 12.4 Å². The predicted molar refractivity (Wildman–Crippen MR) is 115 cm³/mol. The molecule has 5 unspecified atom stereocenters. The Morgan fingerprint density at radius 1 is 0.818 bits per heavy atom. The van der Waals surface area contributed by atoms with Gasteiger partial charge in [-0.3, -0.25) is 8.37 Å². The molecule has 0 radical (unpaired) electrons. The first-order valence-electron chi connectivity index (χ1n) is 9.95. The second-order valence-corrected chi connectivity index (χ2v) is 10.8. The van der Waals surface area contributed by atoms with Gasteiger partial charge in [0.05, 0.1) is 16.4 Å². The van der Waals surface area contributed by atoms with E-state index in [1.807, 2.05) is 0 Å². The fraction of sp³-hybridized carbons (Fsp3) is 0.429. The molecule has 1 heterocycles. The van der Waals surface area contributed by atoms with Crippen molar-refractivity contribution in [2.75, 3.05) is 13.7 Å². The highest BCUT2D eigenvalue weighted by atomic mass is 32.2. The molecule has 2 aromatic rings. The number of methoxy groups -OCH3 is 1. The lowest BCUT2D eigenvalue weighted by atomic mass is 9.99. The Kier molecular flexibility index (Phi) is 7.91. The van der Waals surface area contributed by atoms with Crippen molar-refractivity contribution in [2.24, 2.45) is 0 Å². The standard InChI is InChI=1S/C21H26O10S2/c1-13-4-8-15(9-5-13)32(24,25)29-12-17-18(22)19(23)20(21(28-3)30-17)31-33(26,27)16-10-6-14(2)7-11-16/h4-11,17-23H,12H2,1-3H3. The Morgan fingerprint density at radius 3 is 1.79 bits per heavy atom. The first kappa shape index (κ1) is 25.7. The molecule has 12 heteroatoms. The molecule has 0 saturated carbocycles. The fourth-order valence-electron chi connectivity index (χ4n) is 3.17. The highest BCUT2D eigenvalue weighted by molar-refractivity contribution is 7.87. The average molecular weight is 503 g/mol. The summed E-state index contributed by atoms with van der Waals surface area (Å²) in [4.78, 5) is -0.244. The van der Waals surface area contributed by atoms with E-state index in [1.54, 1.807) is 38.1 Å². The van der Waals surface area contributed by atoms with Crippen molar-refractivity contribution in [1.29, 1.82) is 0 Å². The number of hydrogen-bond acceptors (Lipinski definition) is 10. The second kappa shape index (κ2) is 10.2. The van der Waals surface area contributed by atoms with Crippen molar-refractivity contribution in [2.45, 2.75) is 54.3 Å². The molecule has 0 bridgehead atoms. The van der Waals surface area contributed by atoms with E-state index in [0.717, 1.165) is 11.1 Å². The lowest BCUT2D eigenvalue weighted by Crippen LogP contribution is -2.60. The van der Waals surface area contributed by atoms with Crippen LogP contribution in [-0.2, 0) is 38.1 Å². The summed E-state index contributed by atoms with van der Waals surface area (Å²) in [6.07, 6.45) is -7.88. The van der Waals surface area contributed by atoms with Gasteiger partial charge in [0.1, 0.15) is 18.3 Å². The summed E-state index contributed by atoms with van der Waals surface area (Å²) >= 11 is 0. The maximum absolute atomic E-state index is 12.6. The minimum Gasteiger partial charge on any atom is -0.387 e. The van der Waals surface area contributed by atoms with Crippen molar-refractivity contribution in [3.05, 3.63) is 59.7 Å². The molecule has 10 nitrogen and oxygen atoms in total. The van der Waals surface area contributed by atoms with E-state index in [1.165, 1.54) is 31.4 Å². The van der Waals surface area contributed by atoms with Crippen molar-refractivity contribution in [3.8, 4) is 0 Å². The highest BCUT2D eigenvalue weighted by Crippen LogP contribution is 2.28. The van der Waals surface area contributed by atoms with Gasteiger partial charge in [0.25, 0.3) is 20.2 Å². The molecule has 182 valence electrons. The maximum Gasteiger partial charge on any atom is 0.297 e. The van der Waals surface area contributed by atoms with E-state index in [2.05, 4.69) is 0 Å². The van der Waals surface area contributed by atoms with Crippen LogP contribution in [-0.4, -0.2) is 71.5 Å². The molecule has 1 fully saturated rings. The van der Waals surface area contributed by atoms with Gasteiger partial charge in [-0.1, -0.05) is 35.4 Å². The van der Waals surface area contributed by atoms with E-state index in [-0.39, 0.29) is 9.79 Å². The summed E-state index contributed by atoms with van der Waals surface area (Å²) in [5.41, 5.74) is 1.70. The molecule has 1 aliphatic rings. The number of benzene rings is 2. The third-order valence-corrected chi connectivity index (χ3v) is 7.74. The molecule has 33 heavy (non-hydrogen) atoms. The first-order chi connectivity index (χ1) is 15.4. The fourth-order valence-corrected chi connectivity index (χ4v) is 5.17. The molecule has 5 atom stereocenters. The Hall–Kier alpha value is -1.90. The number of aliphatic hydroxyl groups excluding tert-OH is 2. The van der Waals surface area contributed by atoms with Gasteiger partial charge in [0, 0.05) is 7.11 Å². The molecule has 0 aliphatic carbocycles. The summed E-state index contributed by atoms with van der Waals surface area (Å²) < 4.78 is 70.7. The van der Waals surface area contributed by atoms with E-state index < -0.39 is 57.5 Å². The van der Waals surface area contributed by atoms with E-state index >= 15 is 0 Å². The van der Waals surface area contributed by atoms with Gasteiger partial charge in [0.2, 0.25) is 0 Å². The zero-order valence-corrected chi connectivity index (χ0v) is 19.8. The number of ether oxygens (including phenoxy) is 2. The summed E-state index contributed by atoms with van der Waals surface area (Å²) in [5.74, 6) is 0. The van der Waals surface area contributed by atoms with Gasteiger partial charge in [-0.2, -0.15) is 16.8 Å². The average Bonchev–Trinajstić information content (AvgIpc) is 2.77. The summed E-state index contributed by atoms with van der Waals surface area (Å²) in [5, 5.41) is 21.0. The van der Waals surface area contributed by atoms with Gasteiger partial charge < -0.3 is 19.7 Å². The number of rotatable bonds is 8. The molecule has 0 spiro atoms. The topological polar surface area (TPSA) is 146 Å². The number of aryl methyl sites for hydroxylation is 2. The molecule has 0 aromatic heterocycles. The van der Waals surface area contributed by atoms with Gasteiger partial charge in [-0.05, 0) is 38.1 Å². The normalized spacial score (nSPS) is 26.3. The van der Waals surface area contributed by atoms with Crippen molar-refractivity contribution >= 4 is 20.2 Å². The van der Waals surface area contributed by atoms with E-state index in [9.17, 15) is 27.0 Å². The Labute approximate surface area is 192 Å². The van der Waals surface area contributed by atoms with Crippen LogP contribution < -0.4 is 0 Å². The Bertz CT molecular complexity index is 1140. The largest absolute Gasteiger partial charge is 0.387 e. The van der Waals surface area contributed by atoms with Crippen LogP contribution in [0.15, 0.2) is 58.3 Å². The minimum absolute atomic E-state index is 0.0901. The second-order valence-electron chi connectivity index (χ2n) is 7.64. The predicted octanol–water partition coefficient (Wildman–Crippen LogP) is 0.876. The monoisotopic (exact) mass is 502 g/mol. The van der Waals surface area contributed by atoms with Crippen LogP contribution in [0.5, 0.6) is 0 Å². The van der Waals surface area contributed by atoms with Crippen LogP contribution in [0.25, 0.3) is 0 Å². The smallest absolute Gasteiger partial charge is 0.297 e. The third kappa shape index (κ3) is 5.97. The van der Waals surface area contributed by atoms with Gasteiger partial charge in [-0.15, -0.1) is 0 Å². The first-order valence-corrected chi connectivity index (χ1v) is 12.8. The number of hydrogen-bond donors (Lipinski definition) is 2. The van der Waals surface area contributed by atoms with E-state index in [0.29, 0.717) is 0 Å². The Balaban J connectivity index is 1.72. The van der Waals surface area contributed by atoms with Crippen LogP contribution in [0.4, 0.5) is 0 Å². The molecular weight excluding hydrogens is 476 g/mol. The van der Waals surface area contributed by atoms with Crippen LogP contribution >= 0.6 is 0 Å². The summed E-state index contributed by atoms with van der Waals surface area (Å²) in [7, 11) is -7.31. The van der Waals surface area contributed by atoms with Crippen LogP contribution in [0.2, 0.25) is 0 Å².